The fraction of sp³-hybridized carbons (Fsp3) is 0.273. The summed E-state index contributed by atoms with van der Waals surface area (Å²) in [4.78, 5) is 44.8. The first-order valence-corrected chi connectivity index (χ1v) is 15.8. The van der Waals surface area contributed by atoms with Gasteiger partial charge in [0.2, 0.25) is 0 Å². The molecule has 228 valence electrons. The molecule has 3 heterocycles. The summed E-state index contributed by atoms with van der Waals surface area (Å²) in [7, 11) is 1.55. The number of benzene rings is 2. The van der Waals surface area contributed by atoms with Crippen LogP contribution >= 0.6 is 27.3 Å². The number of hydrogen-bond donors (Lipinski definition) is 0. The Labute approximate surface area is 266 Å². The summed E-state index contributed by atoms with van der Waals surface area (Å²) in [6, 6.07) is 15.2. The number of halogens is 1. The van der Waals surface area contributed by atoms with Crippen LogP contribution in [-0.4, -0.2) is 36.8 Å². The van der Waals surface area contributed by atoms with E-state index >= 15 is 0 Å². The molecular weight excluding hydrogens is 648 g/mol. The minimum Gasteiger partial charge on any atom is -0.496 e. The minimum absolute atomic E-state index is 0.181. The van der Waals surface area contributed by atoms with Crippen molar-refractivity contribution < 1.29 is 28.2 Å². The molecule has 0 spiro atoms. The van der Waals surface area contributed by atoms with Crippen molar-refractivity contribution in [2.45, 2.75) is 39.7 Å². The zero-order valence-electron chi connectivity index (χ0n) is 24.7. The molecule has 0 saturated carbocycles. The van der Waals surface area contributed by atoms with E-state index in [9.17, 15) is 14.4 Å². The summed E-state index contributed by atoms with van der Waals surface area (Å²) >= 11 is 4.76. The molecule has 11 heteroatoms. The van der Waals surface area contributed by atoms with Gasteiger partial charge in [-0.1, -0.05) is 52.7 Å². The highest BCUT2D eigenvalue weighted by molar-refractivity contribution is 9.10. The maximum Gasteiger partial charge on any atom is 0.338 e. The van der Waals surface area contributed by atoms with Gasteiger partial charge < -0.3 is 18.6 Å². The first-order chi connectivity index (χ1) is 21.3. The number of nitrogens with zero attached hydrogens (tertiary/aromatic N) is 2. The summed E-state index contributed by atoms with van der Waals surface area (Å²) < 4.78 is 25.0. The molecule has 44 heavy (non-hydrogen) atoms. The summed E-state index contributed by atoms with van der Waals surface area (Å²) in [5, 5.41) is 0. The van der Waals surface area contributed by atoms with Gasteiger partial charge in [-0.05, 0) is 62.7 Å². The molecule has 9 nitrogen and oxygen atoms in total. The van der Waals surface area contributed by atoms with Crippen molar-refractivity contribution in [3.05, 3.63) is 107 Å². The van der Waals surface area contributed by atoms with Crippen LogP contribution in [0.1, 0.15) is 61.3 Å². The zero-order valence-corrected chi connectivity index (χ0v) is 27.1. The van der Waals surface area contributed by atoms with Crippen molar-refractivity contribution in [3.8, 4) is 17.1 Å². The number of carbonyl (C=O) groups is 2. The second-order valence-electron chi connectivity index (χ2n) is 9.80. The maximum atomic E-state index is 14.1. The molecule has 2 aromatic carbocycles. The summed E-state index contributed by atoms with van der Waals surface area (Å²) in [5.74, 6) is 0.657. The average molecular weight is 680 g/mol. The first-order valence-electron chi connectivity index (χ1n) is 14.2. The van der Waals surface area contributed by atoms with Crippen molar-refractivity contribution in [1.82, 2.24) is 4.57 Å². The zero-order chi connectivity index (χ0) is 31.4. The summed E-state index contributed by atoms with van der Waals surface area (Å²) in [6.45, 7) is 5.99. The number of hydrogen-bond acceptors (Lipinski definition) is 9. The molecule has 2 aromatic heterocycles. The van der Waals surface area contributed by atoms with E-state index in [0.29, 0.717) is 62.0 Å². The predicted molar refractivity (Wildman–Crippen MR) is 170 cm³/mol. The average Bonchev–Trinajstić information content (AvgIpc) is 3.61. The van der Waals surface area contributed by atoms with Gasteiger partial charge in [0.25, 0.3) is 5.56 Å². The number of aromatic nitrogens is 1. The van der Waals surface area contributed by atoms with Gasteiger partial charge in [0.15, 0.2) is 4.80 Å². The van der Waals surface area contributed by atoms with Crippen molar-refractivity contribution in [1.29, 1.82) is 0 Å². The molecule has 0 bridgehead atoms. The van der Waals surface area contributed by atoms with Crippen LogP contribution in [0.15, 0.2) is 84.5 Å². The molecule has 0 amide bonds. The van der Waals surface area contributed by atoms with E-state index < -0.39 is 12.0 Å². The van der Waals surface area contributed by atoms with Gasteiger partial charge >= 0.3 is 11.9 Å². The van der Waals surface area contributed by atoms with E-state index in [-0.39, 0.29) is 18.1 Å². The topological polar surface area (TPSA) is 109 Å². The number of esters is 2. The highest BCUT2D eigenvalue weighted by atomic mass is 79.9. The maximum absolute atomic E-state index is 14.1. The Morgan fingerprint density at radius 3 is 2.43 bits per heavy atom. The third-order valence-corrected chi connectivity index (χ3v) is 8.44. The van der Waals surface area contributed by atoms with Gasteiger partial charge in [-0.15, -0.1) is 0 Å². The molecule has 0 N–H and O–H groups in total. The van der Waals surface area contributed by atoms with Crippen LogP contribution < -0.4 is 19.6 Å². The van der Waals surface area contributed by atoms with Crippen LogP contribution in [0.5, 0.6) is 5.75 Å². The van der Waals surface area contributed by atoms with Gasteiger partial charge in [-0.2, -0.15) is 0 Å². The molecule has 5 rings (SSSR count). The third kappa shape index (κ3) is 6.20. The number of fused-ring (bicyclic) bond motifs is 1. The van der Waals surface area contributed by atoms with Gasteiger partial charge in [-0.25, -0.2) is 14.6 Å². The van der Waals surface area contributed by atoms with Crippen LogP contribution in [0.4, 0.5) is 0 Å². The van der Waals surface area contributed by atoms with E-state index in [1.54, 1.807) is 69.5 Å². The Morgan fingerprint density at radius 2 is 1.75 bits per heavy atom. The molecule has 0 unspecified atom stereocenters. The number of methoxy groups -OCH3 is 1. The molecule has 0 fully saturated rings. The lowest BCUT2D eigenvalue weighted by molar-refractivity contribution is -0.139. The van der Waals surface area contributed by atoms with E-state index in [1.165, 1.54) is 15.9 Å². The largest absolute Gasteiger partial charge is 0.496 e. The number of ether oxygens (including phenoxy) is 3. The Hall–Kier alpha value is -4.22. The van der Waals surface area contributed by atoms with Crippen LogP contribution in [0.25, 0.3) is 17.4 Å². The van der Waals surface area contributed by atoms with E-state index in [1.807, 2.05) is 19.1 Å². The van der Waals surface area contributed by atoms with Gasteiger partial charge in [0, 0.05) is 21.7 Å². The number of furan rings is 1. The van der Waals surface area contributed by atoms with Crippen LogP contribution in [0.2, 0.25) is 0 Å². The quantitative estimate of drug-likeness (QED) is 0.196. The monoisotopic (exact) mass is 678 g/mol. The Bertz CT molecular complexity index is 1920. The van der Waals surface area contributed by atoms with E-state index in [4.69, 9.17) is 23.6 Å². The summed E-state index contributed by atoms with van der Waals surface area (Å²) in [5.41, 5.74) is 2.42. The number of carbonyl (C=O) groups excluding carboxylic acids is 2. The van der Waals surface area contributed by atoms with E-state index in [2.05, 4.69) is 15.9 Å². The normalized spacial score (nSPS) is 14.7. The van der Waals surface area contributed by atoms with Crippen molar-refractivity contribution >= 4 is 45.3 Å². The van der Waals surface area contributed by atoms with Crippen molar-refractivity contribution in [3.63, 3.8) is 0 Å². The summed E-state index contributed by atoms with van der Waals surface area (Å²) in [6.07, 6.45) is 2.94. The van der Waals surface area contributed by atoms with Gasteiger partial charge in [0.05, 0.1) is 41.7 Å². The molecule has 4 aromatic rings. The lowest BCUT2D eigenvalue weighted by Gasteiger charge is -2.27. The first kappa shape index (κ1) is 31.2. The smallest absolute Gasteiger partial charge is 0.338 e. The van der Waals surface area contributed by atoms with Crippen LogP contribution in [0.3, 0.4) is 0 Å². The fourth-order valence-corrected chi connectivity index (χ4v) is 6.41. The van der Waals surface area contributed by atoms with Crippen molar-refractivity contribution in [2.24, 2.45) is 4.99 Å². The van der Waals surface area contributed by atoms with Crippen LogP contribution in [-0.2, 0) is 14.3 Å². The Morgan fingerprint density at radius 1 is 1.02 bits per heavy atom. The number of rotatable bonds is 10. The SMILES string of the molecule is CCCC1=C(C(=O)OCC)[C@H](c2cc(Br)ccc2OC)n2c(s/c(=C/c3ccc(-c4ccc(C(=O)OCC)cc4)o3)c2=O)=N1. The Kier molecular flexibility index (Phi) is 9.65. The fourth-order valence-electron chi connectivity index (χ4n) is 5.03. The lowest BCUT2D eigenvalue weighted by atomic mass is 9.93. The predicted octanol–water partition coefficient (Wildman–Crippen LogP) is 5.79. The van der Waals surface area contributed by atoms with E-state index in [0.717, 1.165) is 16.5 Å². The minimum atomic E-state index is -0.813. The molecule has 0 saturated heterocycles. The molecule has 1 aliphatic heterocycles. The van der Waals surface area contributed by atoms with Gasteiger partial charge in [0.1, 0.15) is 23.3 Å². The number of thiazole rings is 1. The third-order valence-electron chi connectivity index (χ3n) is 6.96. The second kappa shape index (κ2) is 13.6. The Balaban J connectivity index is 1.62. The molecule has 0 radical (unpaired) electrons. The molecule has 1 atom stereocenters. The second-order valence-corrected chi connectivity index (χ2v) is 11.7. The lowest BCUT2D eigenvalue weighted by Crippen LogP contribution is -2.40. The van der Waals surface area contributed by atoms with Crippen molar-refractivity contribution in [2.75, 3.05) is 20.3 Å². The highest BCUT2D eigenvalue weighted by Crippen LogP contribution is 2.38. The van der Waals surface area contributed by atoms with Gasteiger partial charge in [-0.3, -0.25) is 9.36 Å². The highest BCUT2D eigenvalue weighted by Gasteiger charge is 2.36. The molecule has 1 aliphatic rings. The molecular formula is C33H31BrN2O7S. The number of allylic oxidation sites excluding steroid dienone is 1. The van der Waals surface area contributed by atoms with Crippen LogP contribution in [0, 0.1) is 0 Å². The standard InChI is InChI=1S/C33H31BrN2O7S/c1-5-8-24-28(32(39)42-7-3)29(23-17-21(34)13-15-26(23)40-4)36-30(37)27(44-33(36)35-24)18-22-14-16-25(43-22)19-9-11-20(12-10-19)31(38)41-6-2/h9-18,29H,5-8H2,1-4H3/b27-18+/t29-/m0/s1. The molecule has 0 aliphatic carbocycles.